The second-order valence-corrected chi connectivity index (χ2v) is 6.58. The molecule has 12 nitrogen and oxygen atoms in total. The molecule has 0 aromatic carbocycles. The minimum atomic E-state index is -1.22. The Hall–Kier alpha value is -3.18. The maximum atomic E-state index is 12.1. The van der Waals surface area contributed by atoms with Crippen LogP contribution in [0.15, 0.2) is 4.99 Å². The molecule has 0 aromatic heterocycles. The number of nitrogens with zero attached hydrogens (tertiary/aromatic N) is 1. The standard InChI is InChI=1S/C17H29N5O7/c1-7(18-12(6)23)13(24)19-8(2)14(25)20-9(3)15(26)21-10(4)16(27)22-11(5)17(28)29/h7-11H,1-6H3,(H,18,23)(H,19,24)(H,20,25)(H,21,26)(H,22,27)(H,28,29)/p-1/t7-,8-,9-,10-,11-/m0/s1. The quantitative estimate of drug-likeness (QED) is 0.189. The molecule has 0 bridgehead atoms. The first-order valence-corrected chi connectivity index (χ1v) is 8.91. The van der Waals surface area contributed by atoms with Gasteiger partial charge in [-0.2, -0.15) is 0 Å². The zero-order valence-corrected chi connectivity index (χ0v) is 17.2. The molecule has 0 aliphatic rings. The highest BCUT2D eigenvalue weighted by atomic mass is 16.4. The van der Waals surface area contributed by atoms with E-state index in [-0.39, 0.29) is 0 Å². The number of carboxylic acids is 1. The monoisotopic (exact) mass is 414 g/mol. The normalized spacial score (nSPS) is 16.4. The Labute approximate surface area is 168 Å². The third-order valence-electron chi connectivity index (χ3n) is 3.74. The Balaban J connectivity index is 4.64. The molecule has 0 rings (SSSR count). The molecule has 0 saturated carbocycles. The van der Waals surface area contributed by atoms with Crippen LogP contribution >= 0.6 is 0 Å². The third kappa shape index (κ3) is 9.53. The largest absolute Gasteiger partial charge is 0.862 e. The first-order chi connectivity index (χ1) is 13.3. The Kier molecular flexibility index (Phi) is 10.3. The average molecular weight is 414 g/mol. The minimum Gasteiger partial charge on any atom is -0.862 e. The molecule has 0 unspecified atom stereocenters. The molecule has 0 radical (unpaired) electrons. The maximum absolute atomic E-state index is 12.1. The Bertz CT molecular complexity index is 675. The van der Waals surface area contributed by atoms with Gasteiger partial charge in [0.1, 0.15) is 30.2 Å². The van der Waals surface area contributed by atoms with Gasteiger partial charge in [-0.3, -0.25) is 29.0 Å². The van der Waals surface area contributed by atoms with E-state index in [0.29, 0.717) is 0 Å². The number of rotatable bonds is 10. The van der Waals surface area contributed by atoms with E-state index in [1.165, 1.54) is 41.5 Å². The van der Waals surface area contributed by atoms with Crippen molar-refractivity contribution in [2.75, 3.05) is 0 Å². The van der Waals surface area contributed by atoms with Gasteiger partial charge in [0.05, 0.1) is 0 Å². The smallest absolute Gasteiger partial charge is 0.325 e. The van der Waals surface area contributed by atoms with E-state index in [2.05, 4.69) is 26.3 Å². The van der Waals surface area contributed by atoms with Crippen LogP contribution in [-0.4, -0.2) is 70.8 Å². The first kappa shape index (κ1) is 25.8. The number of hydrogen-bond acceptors (Lipinski definition) is 7. The number of aliphatic carboxylic acids is 1. The second-order valence-electron chi connectivity index (χ2n) is 6.58. The van der Waals surface area contributed by atoms with Gasteiger partial charge in [-0.05, 0) is 47.4 Å². The highest BCUT2D eigenvalue weighted by Gasteiger charge is 2.25. The van der Waals surface area contributed by atoms with E-state index >= 15 is 0 Å². The molecular formula is C17H28N5O7-. The number of nitrogens with one attached hydrogen (secondary N) is 4. The predicted octanol–water partition coefficient (Wildman–Crippen LogP) is -2.74. The van der Waals surface area contributed by atoms with Gasteiger partial charge < -0.3 is 31.5 Å². The van der Waals surface area contributed by atoms with E-state index in [4.69, 9.17) is 5.11 Å². The van der Waals surface area contributed by atoms with E-state index in [1.807, 2.05) is 0 Å². The summed E-state index contributed by atoms with van der Waals surface area (Å²) >= 11 is 0. The van der Waals surface area contributed by atoms with Crippen LogP contribution in [0, 0.1) is 0 Å². The molecule has 5 N–H and O–H groups in total. The lowest BCUT2D eigenvalue weighted by Crippen LogP contribution is -2.56. The summed E-state index contributed by atoms with van der Waals surface area (Å²) in [7, 11) is 0. The van der Waals surface area contributed by atoms with Gasteiger partial charge in [-0.15, -0.1) is 0 Å². The first-order valence-electron chi connectivity index (χ1n) is 8.91. The molecular weight excluding hydrogens is 386 g/mol. The zero-order valence-electron chi connectivity index (χ0n) is 17.2. The fourth-order valence-electron chi connectivity index (χ4n) is 1.94. The van der Waals surface area contributed by atoms with E-state index < -0.39 is 65.7 Å². The lowest BCUT2D eigenvalue weighted by atomic mass is 10.2. The van der Waals surface area contributed by atoms with Crippen LogP contribution in [0.25, 0.3) is 0 Å². The van der Waals surface area contributed by atoms with Crippen molar-refractivity contribution in [2.45, 2.75) is 71.8 Å². The molecule has 0 fully saturated rings. The van der Waals surface area contributed by atoms with Crippen molar-refractivity contribution in [2.24, 2.45) is 4.99 Å². The molecule has 0 aliphatic heterocycles. The van der Waals surface area contributed by atoms with Crippen LogP contribution in [0.1, 0.15) is 41.5 Å². The Morgan fingerprint density at radius 1 is 0.690 bits per heavy atom. The van der Waals surface area contributed by atoms with Crippen molar-refractivity contribution in [3.8, 4) is 0 Å². The summed E-state index contributed by atoms with van der Waals surface area (Å²) in [6.45, 7) is 8.00. The Morgan fingerprint density at radius 3 is 1.31 bits per heavy atom. The van der Waals surface area contributed by atoms with Crippen LogP contribution in [-0.2, 0) is 24.0 Å². The molecule has 0 aromatic rings. The number of hydrogen-bond donors (Lipinski definition) is 5. The van der Waals surface area contributed by atoms with Gasteiger partial charge in [0.15, 0.2) is 0 Å². The zero-order chi connectivity index (χ0) is 22.9. The second kappa shape index (κ2) is 11.6. The highest BCUT2D eigenvalue weighted by Crippen LogP contribution is 1.95. The van der Waals surface area contributed by atoms with Crippen LogP contribution in [0.5, 0.6) is 0 Å². The third-order valence-corrected chi connectivity index (χ3v) is 3.74. The van der Waals surface area contributed by atoms with Crippen molar-refractivity contribution in [3.05, 3.63) is 0 Å². The van der Waals surface area contributed by atoms with Crippen LogP contribution < -0.4 is 26.4 Å². The van der Waals surface area contributed by atoms with E-state index in [9.17, 15) is 29.1 Å². The number of amides is 4. The predicted molar refractivity (Wildman–Crippen MR) is 101 cm³/mol. The van der Waals surface area contributed by atoms with Crippen molar-refractivity contribution >= 4 is 35.5 Å². The molecule has 0 saturated heterocycles. The van der Waals surface area contributed by atoms with Gasteiger partial charge in [0.25, 0.3) is 0 Å². The van der Waals surface area contributed by atoms with E-state index in [0.717, 1.165) is 0 Å². The molecule has 0 spiro atoms. The van der Waals surface area contributed by atoms with Gasteiger partial charge in [-0.25, -0.2) is 0 Å². The molecule has 164 valence electrons. The fourth-order valence-corrected chi connectivity index (χ4v) is 1.94. The number of carbonyl (C=O) groups is 5. The highest BCUT2D eigenvalue weighted by molar-refractivity contribution is 5.95. The summed E-state index contributed by atoms with van der Waals surface area (Å²) < 4.78 is 0. The summed E-state index contributed by atoms with van der Waals surface area (Å²) in [6.07, 6.45) is 0. The molecule has 5 atom stereocenters. The molecule has 0 aliphatic carbocycles. The lowest BCUT2D eigenvalue weighted by molar-refractivity contribution is -0.216. The maximum Gasteiger partial charge on any atom is 0.325 e. The fraction of sp³-hybridized carbons (Fsp3) is 0.647. The van der Waals surface area contributed by atoms with Gasteiger partial charge in [0, 0.05) is 0 Å². The molecule has 12 heteroatoms. The Morgan fingerprint density at radius 2 is 1.00 bits per heavy atom. The minimum absolute atomic E-state index is 0.522. The SMILES string of the molecule is CC([O-])=N[C@@H](C)C(=O)N[C@@H](C)C(=O)N[C@@H](C)C(=O)N[C@@H](C)C(=O)N[C@@H](C)C(=O)O. The topological polar surface area (TPSA) is 189 Å². The summed E-state index contributed by atoms with van der Waals surface area (Å²) in [6, 6.07) is -5.15. The van der Waals surface area contributed by atoms with Crippen molar-refractivity contribution in [1.82, 2.24) is 21.3 Å². The van der Waals surface area contributed by atoms with Crippen molar-refractivity contribution in [1.29, 1.82) is 0 Å². The molecule has 4 amide bonds. The van der Waals surface area contributed by atoms with Gasteiger partial charge in [-0.1, -0.05) is 0 Å². The number of aliphatic imine (C=N–C) groups is 1. The average Bonchev–Trinajstić information content (AvgIpc) is 2.60. The molecule has 29 heavy (non-hydrogen) atoms. The summed E-state index contributed by atoms with van der Waals surface area (Å²) in [5.74, 6) is -4.41. The van der Waals surface area contributed by atoms with Crippen LogP contribution in [0.4, 0.5) is 0 Å². The van der Waals surface area contributed by atoms with Gasteiger partial charge >= 0.3 is 5.97 Å². The number of carbonyl (C=O) groups excluding carboxylic acids is 4. The summed E-state index contributed by atoms with van der Waals surface area (Å²) in [5, 5.41) is 29.0. The van der Waals surface area contributed by atoms with Gasteiger partial charge in [0.2, 0.25) is 23.6 Å². The van der Waals surface area contributed by atoms with Crippen LogP contribution in [0.3, 0.4) is 0 Å². The summed E-state index contributed by atoms with van der Waals surface area (Å²) in [5.41, 5.74) is 0. The summed E-state index contributed by atoms with van der Waals surface area (Å²) in [4.78, 5) is 62.3. The van der Waals surface area contributed by atoms with Crippen LogP contribution in [0.2, 0.25) is 0 Å². The van der Waals surface area contributed by atoms with Crippen molar-refractivity contribution in [3.63, 3.8) is 0 Å². The van der Waals surface area contributed by atoms with Crippen molar-refractivity contribution < 1.29 is 34.2 Å². The molecule has 0 heterocycles. The number of carboxylic acid groups (broad SMARTS) is 1. The lowest BCUT2D eigenvalue weighted by Gasteiger charge is -2.21. The van der Waals surface area contributed by atoms with E-state index in [1.54, 1.807) is 0 Å².